The summed E-state index contributed by atoms with van der Waals surface area (Å²) in [6, 6.07) is 0. The minimum absolute atomic E-state index is 0.0686. The molecule has 0 aromatic carbocycles. The van der Waals surface area contributed by atoms with Crippen molar-refractivity contribution in [1.29, 1.82) is 0 Å². The van der Waals surface area contributed by atoms with Crippen LogP contribution < -0.4 is 0 Å². The van der Waals surface area contributed by atoms with E-state index in [1.54, 1.807) is 0 Å². The van der Waals surface area contributed by atoms with Crippen molar-refractivity contribution in [2.75, 3.05) is 13.2 Å². The van der Waals surface area contributed by atoms with Gasteiger partial charge in [0.25, 0.3) is 0 Å². The molecule has 0 saturated carbocycles. The Morgan fingerprint density at radius 2 is 0.516 bits per heavy atom. The van der Waals surface area contributed by atoms with Gasteiger partial charge in [-0.25, -0.2) is 0 Å². The van der Waals surface area contributed by atoms with Gasteiger partial charge in [0.05, 0.1) is 0 Å². The summed E-state index contributed by atoms with van der Waals surface area (Å²) in [5.41, 5.74) is 0. The van der Waals surface area contributed by atoms with Crippen molar-refractivity contribution in [1.82, 2.24) is 0 Å². The molecular weight excluding hydrogens is 793 g/mol. The van der Waals surface area contributed by atoms with Crippen LogP contribution in [-0.4, -0.2) is 37.2 Å². The van der Waals surface area contributed by atoms with Crippen LogP contribution in [0.1, 0.15) is 323 Å². The fraction of sp³-hybridized carbons (Fsp3) is 0.914. The van der Waals surface area contributed by atoms with E-state index in [0.717, 1.165) is 64.2 Å². The molecule has 0 aliphatic heterocycles. The van der Waals surface area contributed by atoms with Crippen LogP contribution in [-0.2, 0) is 28.6 Å². The van der Waals surface area contributed by atoms with E-state index < -0.39 is 6.10 Å². The second kappa shape index (κ2) is 53.8. The van der Waals surface area contributed by atoms with Crippen LogP contribution in [0.4, 0.5) is 0 Å². The summed E-state index contributed by atoms with van der Waals surface area (Å²) in [4.78, 5) is 38.1. The molecule has 0 amide bonds. The Bertz CT molecular complexity index is 993. The van der Waals surface area contributed by atoms with Crippen molar-refractivity contribution in [3.8, 4) is 0 Å². The highest BCUT2D eigenvalue weighted by atomic mass is 16.6. The summed E-state index contributed by atoms with van der Waals surface area (Å²) < 4.78 is 16.9. The summed E-state index contributed by atoms with van der Waals surface area (Å²) in [6.45, 7) is 6.68. The van der Waals surface area contributed by atoms with E-state index in [1.165, 1.54) is 218 Å². The molecule has 0 radical (unpaired) electrons. The predicted molar refractivity (Wildman–Crippen MR) is 275 cm³/mol. The largest absolute Gasteiger partial charge is 0.462 e. The van der Waals surface area contributed by atoms with Crippen LogP contribution in [0.5, 0.6) is 0 Å². The fourth-order valence-electron chi connectivity index (χ4n) is 8.68. The van der Waals surface area contributed by atoms with E-state index in [-0.39, 0.29) is 31.1 Å². The van der Waals surface area contributed by atoms with Crippen molar-refractivity contribution >= 4 is 17.9 Å². The summed E-state index contributed by atoms with van der Waals surface area (Å²) in [6.07, 6.45) is 60.6. The van der Waals surface area contributed by atoms with Gasteiger partial charge in [-0.15, -0.1) is 0 Å². The summed E-state index contributed by atoms with van der Waals surface area (Å²) in [5.74, 6) is -0.861. The molecule has 64 heavy (non-hydrogen) atoms. The van der Waals surface area contributed by atoms with Gasteiger partial charge in [0.15, 0.2) is 6.10 Å². The molecule has 0 spiro atoms. The van der Waals surface area contributed by atoms with Crippen molar-refractivity contribution < 1.29 is 28.6 Å². The number of ether oxygens (including phenoxy) is 3. The monoisotopic (exact) mass is 903 g/mol. The van der Waals surface area contributed by atoms with Crippen LogP contribution in [0.3, 0.4) is 0 Å². The molecule has 0 N–H and O–H groups in total. The molecule has 0 aromatic heterocycles. The van der Waals surface area contributed by atoms with E-state index in [1.807, 2.05) is 0 Å². The second-order valence-electron chi connectivity index (χ2n) is 19.6. The zero-order chi connectivity index (χ0) is 46.5. The molecule has 1 unspecified atom stereocenters. The molecular formula is C58H110O6. The van der Waals surface area contributed by atoms with E-state index in [4.69, 9.17) is 14.2 Å². The first-order chi connectivity index (χ1) is 31.5. The number of hydrogen-bond donors (Lipinski definition) is 0. The zero-order valence-corrected chi connectivity index (χ0v) is 43.3. The predicted octanol–water partition coefficient (Wildman–Crippen LogP) is 18.9. The van der Waals surface area contributed by atoms with E-state index >= 15 is 0 Å². The molecule has 6 heteroatoms. The number of carbonyl (C=O) groups excluding carboxylic acids is 3. The first-order valence-corrected chi connectivity index (χ1v) is 28.7. The lowest BCUT2D eigenvalue weighted by atomic mass is 10.0. The Labute approximate surface area is 399 Å². The quantitative estimate of drug-likeness (QED) is 0.0262. The van der Waals surface area contributed by atoms with Crippen LogP contribution in [0.15, 0.2) is 12.2 Å². The van der Waals surface area contributed by atoms with Crippen LogP contribution in [0.2, 0.25) is 0 Å². The topological polar surface area (TPSA) is 78.9 Å². The van der Waals surface area contributed by atoms with Gasteiger partial charge in [0, 0.05) is 19.3 Å². The average Bonchev–Trinajstić information content (AvgIpc) is 3.29. The first kappa shape index (κ1) is 62.1. The number of allylic oxidation sites excluding steroid dienone is 2. The van der Waals surface area contributed by atoms with E-state index in [0.29, 0.717) is 19.3 Å². The Hall–Kier alpha value is -1.85. The molecule has 0 bridgehead atoms. The summed E-state index contributed by atoms with van der Waals surface area (Å²) in [5, 5.41) is 0. The molecule has 0 aromatic rings. The van der Waals surface area contributed by atoms with Gasteiger partial charge in [-0.3, -0.25) is 14.4 Å². The molecule has 1 atom stereocenters. The lowest BCUT2D eigenvalue weighted by molar-refractivity contribution is -0.167. The third kappa shape index (κ3) is 51.1. The number of esters is 3. The van der Waals surface area contributed by atoms with Gasteiger partial charge in [-0.2, -0.15) is 0 Å². The molecule has 378 valence electrons. The number of carbonyl (C=O) groups is 3. The molecule has 0 rings (SSSR count). The number of hydrogen-bond acceptors (Lipinski definition) is 6. The maximum Gasteiger partial charge on any atom is 0.306 e. The molecule has 0 saturated heterocycles. The van der Waals surface area contributed by atoms with Crippen LogP contribution >= 0.6 is 0 Å². The van der Waals surface area contributed by atoms with Gasteiger partial charge >= 0.3 is 17.9 Å². The smallest absolute Gasteiger partial charge is 0.306 e. The van der Waals surface area contributed by atoms with Gasteiger partial charge in [-0.1, -0.05) is 270 Å². The third-order valence-electron chi connectivity index (χ3n) is 13.0. The minimum Gasteiger partial charge on any atom is -0.462 e. The van der Waals surface area contributed by atoms with E-state index in [2.05, 4.69) is 32.9 Å². The molecule has 0 fully saturated rings. The fourth-order valence-corrected chi connectivity index (χ4v) is 8.68. The molecule has 0 heterocycles. The average molecular weight is 904 g/mol. The molecule has 0 aliphatic carbocycles. The van der Waals surface area contributed by atoms with Crippen molar-refractivity contribution in [2.24, 2.45) is 0 Å². The highest BCUT2D eigenvalue weighted by molar-refractivity contribution is 5.71. The van der Waals surface area contributed by atoms with Crippen LogP contribution in [0, 0.1) is 0 Å². The lowest BCUT2D eigenvalue weighted by Gasteiger charge is -2.18. The van der Waals surface area contributed by atoms with Gasteiger partial charge in [-0.05, 0) is 44.9 Å². The van der Waals surface area contributed by atoms with Crippen molar-refractivity contribution in [3.05, 3.63) is 12.2 Å². The van der Waals surface area contributed by atoms with Gasteiger partial charge in [0.1, 0.15) is 13.2 Å². The summed E-state index contributed by atoms with van der Waals surface area (Å²) >= 11 is 0. The lowest BCUT2D eigenvalue weighted by Crippen LogP contribution is -2.30. The van der Waals surface area contributed by atoms with Gasteiger partial charge in [0.2, 0.25) is 0 Å². The third-order valence-corrected chi connectivity index (χ3v) is 13.0. The van der Waals surface area contributed by atoms with Crippen molar-refractivity contribution in [3.63, 3.8) is 0 Å². The Morgan fingerprint density at radius 3 is 0.797 bits per heavy atom. The maximum absolute atomic E-state index is 12.8. The van der Waals surface area contributed by atoms with Crippen molar-refractivity contribution in [2.45, 2.75) is 329 Å². The van der Waals surface area contributed by atoms with Crippen LogP contribution in [0.25, 0.3) is 0 Å². The minimum atomic E-state index is -0.770. The number of rotatable bonds is 53. The molecule has 0 aliphatic rings. The standard InChI is InChI=1S/C58H110O6/c1-4-7-10-13-16-19-22-25-28-29-31-33-36-39-42-45-48-51-57(60)63-54-55(53-62-56(59)50-47-44-41-38-35-32-27-24-21-18-15-12-9-6-3)64-58(61)52-49-46-43-40-37-34-30-26-23-20-17-14-11-8-5-2/h32,35,55H,4-31,33-34,36-54H2,1-3H3/b35-32-. The Kier molecular flexibility index (Phi) is 52.2. The Balaban J connectivity index is 4.32. The highest BCUT2D eigenvalue weighted by Crippen LogP contribution is 2.17. The first-order valence-electron chi connectivity index (χ1n) is 28.7. The second-order valence-corrected chi connectivity index (χ2v) is 19.6. The molecule has 6 nitrogen and oxygen atoms in total. The maximum atomic E-state index is 12.8. The SMILES string of the molecule is CCCCCCCCC/C=C\CCCCCC(=O)OCC(COC(=O)CCCCCCCCCCCCCCCCCCC)OC(=O)CCCCCCCCCCCCCCCCC. The summed E-state index contributed by atoms with van der Waals surface area (Å²) in [7, 11) is 0. The van der Waals surface area contributed by atoms with Gasteiger partial charge < -0.3 is 14.2 Å². The normalized spacial score (nSPS) is 12.0. The Morgan fingerprint density at radius 1 is 0.297 bits per heavy atom. The number of unbranched alkanes of at least 4 members (excludes halogenated alkanes) is 40. The van der Waals surface area contributed by atoms with E-state index in [9.17, 15) is 14.4 Å². The zero-order valence-electron chi connectivity index (χ0n) is 43.3. The highest BCUT2D eigenvalue weighted by Gasteiger charge is 2.19.